The molecule has 0 aliphatic rings. The minimum absolute atomic E-state index is 0.272. The monoisotopic (exact) mass is 207 g/mol. The van der Waals surface area contributed by atoms with Gasteiger partial charge in [-0.3, -0.25) is 0 Å². The molecular formula is C11H13NO3. The second-order valence-corrected chi connectivity index (χ2v) is 3.31. The van der Waals surface area contributed by atoms with Gasteiger partial charge in [-0.25, -0.2) is 4.79 Å². The van der Waals surface area contributed by atoms with Gasteiger partial charge in [-0.05, 0) is 31.5 Å². The average molecular weight is 207 g/mol. The Morgan fingerprint density at radius 1 is 1.33 bits per heavy atom. The first-order chi connectivity index (χ1) is 7.09. The van der Waals surface area contributed by atoms with Gasteiger partial charge >= 0.3 is 5.97 Å². The van der Waals surface area contributed by atoms with Crippen LogP contribution in [0.3, 0.4) is 0 Å². The SMILES string of the molecule is CC(C)=NOCc1ccc(C(=O)O)cc1. The number of carboxylic acids is 1. The Kier molecular flexibility index (Phi) is 3.85. The number of aromatic carboxylic acids is 1. The van der Waals surface area contributed by atoms with Gasteiger partial charge < -0.3 is 9.94 Å². The zero-order chi connectivity index (χ0) is 11.3. The molecule has 4 heteroatoms. The summed E-state index contributed by atoms with van der Waals surface area (Å²) in [7, 11) is 0. The predicted octanol–water partition coefficient (Wildman–Crippen LogP) is 2.30. The first-order valence-electron chi connectivity index (χ1n) is 4.55. The molecule has 4 nitrogen and oxygen atoms in total. The third-order valence-corrected chi connectivity index (χ3v) is 1.68. The summed E-state index contributed by atoms with van der Waals surface area (Å²) in [6, 6.07) is 6.51. The van der Waals surface area contributed by atoms with Crippen molar-refractivity contribution < 1.29 is 14.7 Å². The second kappa shape index (κ2) is 5.14. The molecule has 80 valence electrons. The Bertz CT molecular complexity index is 364. The summed E-state index contributed by atoms with van der Waals surface area (Å²) >= 11 is 0. The molecule has 0 spiro atoms. The number of oxime groups is 1. The van der Waals surface area contributed by atoms with Gasteiger partial charge in [-0.1, -0.05) is 17.3 Å². The molecule has 0 unspecified atom stereocenters. The van der Waals surface area contributed by atoms with Gasteiger partial charge in [0.15, 0.2) is 0 Å². The summed E-state index contributed by atoms with van der Waals surface area (Å²) in [6.45, 7) is 4.03. The van der Waals surface area contributed by atoms with Crippen LogP contribution >= 0.6 is 0 Å². The normalized spacial score (nSPS) is 9.47. The quantitative estimate of drug-likeness (QED) is 0.608. The number of hydrogen-bond acceptors (Lipinski definition) is 3. The van der Waals surface area contributed by atoms with E-state index in [1.807, 2.05) is 13.8 Å². The van der Waals surface area contributed by atoms with Crippen LogP contribution in [0.2, 0.25) is 0 Å². The van der Waals surface area contributed by atoms with E-state index in [1.54, 1.807) is 24.3 Å². The number of benzene rings is 1. The zero-order valence-electron chi connectivity index (χ0n) is 8.73. The van der Waals surface area contributed by atoms with Crippen LogP contribution in [0.1, 0.15) is 29.8 Å². The van der Waals surface area contributed by atoms with Gasteiger partial charge in [0.25, 0.3) is 0 Å². The molecule has 0 saturated carbocycles. The third-order valence-electron chi connectivity index (χ3n) is 1.68. The summed E-state index contributed by atoms with van der Waals surface area (Å²) in [5.41, 5.74) is 2.01. The van der Waals surface area contributed by atoms with E-state index in [2.05, 4.69) is 5.16 Å². The second-order valence-electron chi connectivity index (χ2n) is 3.31. The number of nitrogens with zero attached hydrogens (tertiary/aromatic N) is 1. The third kappa shape index (κ3) is 3.81. The van der Waals surface area contributed by atoms with Gasteiger partial charge in [0.05, 0.1) is 11.3 Å². The molecule has 1 aromatic carbocycles. The average Bonchev–Trinajstić information content (AvgIpc) is 2.18. The highest BCUT2D eigenvalue weighted by Gasteiger charge is 2.01. The minimum Gasteiger partial charge on any atom is -0.478 e. The van der Waals surface area contributed by atoms with E-state index < -0.39 is 5.97 Å². The number of carbonyl (C=O) groups is 1. The van der Waals surface area contributed by atoms with E-state index >= 15 is 0 Å². The molecule has 15 heavy (non-hydrogen) atoms. The van der Waals surface area contributed by atoms with Crippen molar-refractivity contribution in [3.63, 3.8) is 0 Å². The minimum atomic E-state index is -0.926. The predicted molar refractivity (Wildman–Crippen MR) is 57.0 cm³/mol. The molecule has 0 bridgehead atoms. The van der Waals surface area contributed by atoms with Crippen LogP contribution in [-0.2, 0) is 11.4 Å². The smallest absolute Gasteiger partial charge is 0.335 e. The van der Waals surface area contributed by atoms with Crippen molar-refractivity contribution in [3.05, 3.63) is 35.4 Å². The molecule has 1 N–H and O–H groups in total. The lowest BCUT2D eigenvalue weighted by molar-refractivity contribution is 0.0696. The van der Waals surface area contributed by atoms with Crippen molar-refractivity contribution in [2.75, 3.05) is 0 Å². The Labute approximate surface area is 88.2 Å². The molecule has 0 radical (unpaired) electrons. The highest BCUT2D eigenvalue weighted by molar-refractivity contribution is 5.87. The number of carboxylic acid groups (broad SMARTS) is 1. The van der Waals surface area contributed by atoms with E-state index in [-0.39, 0.29) is 5.56 Å². The molecule has 0 amide bonds. The first-order valence-corrected chi connectivity index (χ1v) is 4.55. The van der Waals surface area contributed by atoms with E-state index in [9.17, 15) is 4.79 Å². The molecule has 0 saturated heterocycles. The maximum absolute atomic E-state index is 10.6. The van der Waals surface area contributed by atoms with Crippen molar-refractivity contribution in [2.45, 2.75) is 20.5 Å². The van der Waals surface area contributed by atoms with Crippen molar-refractivity contribution in [1.29, 1.82) is 0 Å². The van der Waals surface area contributed by atoms with Gasteiger partial charge in [0.1, 0.15) is 6.61 Å². The maximum Gasteiger partial charge on any atom is 0.335 e. The summed E-state index contributed by atoms with van der Waals surface area (Å²) < 4.78 is 0. The molecule has 0 fully saturated rings. The highest BCUT2D eigenvalue weighted by Crippen LogP contribution is 2.05. The van der Waals surface area contributed by atoms with Crippen molar-refractivity contribution in [3.8, 4) is 0 Å². The Morgan fingerprint density at radius 2 is 1.93 bits per heavy atom. The molecular weight excluding hydrogens is 194 g/mol. The lowest BCUT2D eigenvalue weighted by atomic mass is 10.1. The topological polar surface area (TPSA) is 58.9 Å². The van der Waals surface area contributed by atoms with Crippen LogP contribution < -0.4 is 0 Å². The molecule has 0 aliphatic carbocycles. The molecule has 0 atom stereocenters. The van der Waals surface area contributed by atoms with Gasteiger partial charge in [-0.2, -0.15) is 0 Å². The van der Waals surface area contributed by atoms with E-state index in [0.717, 1.165) is 11.3 Å². The standard InChI is InChI=1S/C11H13NO3/c1-8(2)12-15-7-9-3-5-10(6-4-9)11(13)14/h3-6H,7H2,1-2H3,(H,13,14). The molecule has 0 aliphatic heterocycles. The summed E-state index contributed by atoms with van der Waals surface area (Å²) in [5, 5.41) is 12.4. The Hall–Kier alpha value is -1.84. The fourth-order valence-corrected chi connectivity index (χ4v) is 0.979. The first kappa shape index (κ1) is 11.2. The molecule has 1 rings (SSSR count). The van der Waals surface area contributed by atoms with Crippen LogP contribution in [-0.4, -0.2) is 16.8 Å². The van der Waals surface area contributed by atoms with E-state index in [1.165, 1.54) is 0 Å². The maximum atomic E-state index is 10.6. The van der Waals surface area contributed by atoms with Crippen LogP contribution in [0.15, 0.2) is 29.4 Å². The van der Waals surface area contributed by atoms with Crippen molar-refractivity contribution in [2.24, 2.45) is 5.16 Å². The van der Waals surface area contributed by atoms with Crippen LogP contribution in [0.25, 0.3) is 0 Å². The largest absolute Gasteiger partial charge is 0.478 e. The van der Waals surface area contributed by atoms with E-state index in [0.29, 0.717) is 6.61 Å². The zero-order valence-corrected chi connectivity index (χ0v) is 8.73. The summed E-state index contributed by atoms with van der Waals surface area (Å²) in [4.78, 5) is 15.6. The summed E-state index contributed by atoms with van der Waals surface area (Å²) in [5.74, 6) is -0.926. The lowest BCUT2D eigenvalue weighted by Gasteiger charge is -2.00. The fourth-order valence-electron chi connectivity index (χ4n) is 0.979. The van der Waals surface area contributed by atoms with Gasteiger partial charge in [0.2, 0.25) is 0 Å². The molecule has 0 aromatic heterocycles. The van der Waals surface area contributed by atoms with Crippen LogP contribution in [0, 0.1) is 0 Å². The fraction of sp³-hybridized carbons (Fsp3) is 0.273. The Morgan fingerprint density at radius 3 is 2.40 bits per heavy atom. The van der Waals surface area contributed by atoms with Crippen LogP contribution in [0.4, 0.5) is 0 Å². The Balaban J connectivity index is 2.57. The molecule has 0 heterocycles. The van der Waals surface area contributed by atoms with Gasteiger partial charge in [-0.15, -0.1) is 0 Å². The van der Waals surface area contributed by atoms with E-state index in [4.69, 9.17) is 9.94 Å². The number of hydrogen-bond donors (Lipinski definition) is 1. The highest BCUT2D eigenvalue weighted by atomic mass is 16.6. The van der Waals surface area contributed by atoms with Crippen molar-refractivity contribution in [1.82, 2.24) is 0 Å². The van der Waals surface area contributed by atoms with Gasteiger partial charge in [0, 0.05) is 0 Å². The lowest BCUT2D eigenvalue weighted by Crippen LogP contribution is -1.96. The number of rotatable bonds is 4. The van der Waals surface area contributed by atoms with Crippen LogP contribution in [0.5, 0.6) is 0 Å². The van der Waals surface area contributed by atoms with Crippen molar-refractivity contribution >= 4 is 11.7 Å². The molecule has 1 aromatic rings. The summed E-state index contributed by atoms with van der Waals surface area (Å²) in [6.07, 6.45) is 0.